The molecule has 7 heteroatoms. The molecule has 1 unspecified atom stereocenters. The Bertz CT molecular complexity index is 1050. The van der Waals surface area contributed by atoms with Crippen LogP contribution in [0.4, 0.5) is 5.82 Å². The van der Waals surface area contributed by atoms with Gasteiger partial charge in [0.15, 0.2) is 5.65 Å². The molecule has 3 heterocycles. The molecule has 0 saturated carbocycles. The average molecular weight is 435 g/mol. The molecule has 1 atom stereocenters. The Kier molecular flexibility index (Phi) is 6.72. The average Bonchev–Trinajstić information content (AvgIpc) is 3.23. The fraction of sp³-hybridized carbons (Fsp3) is 0.520. The van der Waals surface area contributed by atoms with E-state index in [1.165, 1.54) is 0 Å². The number of fused-ring (bicyclic) bond motifs is 1. The summed E-state index contributed by atoms with van der Waals surface area (Å²) in [6.07, 6.45) is 4.62. The monoisotopic (exact) mass is 434 g/mol. The van der Waals surface area contributed by atoms with Gasteiger partial charge in [-0.1, -0.05) is 52.3 Å². The number of anilines is 1. The van der Waals surface area contributed by atoms with Crippen LogP contribution in [-0.2, 0) is 4.79 Å². The van der Waals surface area contributed by atoms with Crippen molar-refractivity contribution in [2.45, 2.75) is 52.9 Å². The van der Waals surface area contributed by atoms with Crippen molar-refractivity contribution >= 4 is 22.8 Å². The summed E-state index contributed by atoms with van der Waals surface area (Å²) < 4.78 is 1.91. The first kappa shape index (κ1) is 22.2. The molecule has 1 saturated heterocycles. The zero-order valence-electron chi connectivity index (χ0n) is 19.7. The van der Waals surface area contributed by atoms with Gasteiger partial charge < -0.3 is 9.80 Å². The third kappa shape index (κ3) is 4.61. The Balaban J connectivity index is 1.68. The molecule has 32 heavy (non-hydrogen) atoms. The van der Waals surface area contributed by atoms with Crippen molar-refractivity contribution in [1.29, 1.82) is 0 Å². The van der Waals surface area contributed by atoms with Crippen LogP contribution in [0.25, 0.3) is 16.7 Å². The second kappa shape index (κ2) is 9.67. The van der Waals surface area contributed by atoms with Crippen LogP contribution in [0.2, 0.25) is 0 Å². The van der Waals surface area contributed by atoms with Gasteiger partial charge in [0.25, 0.3) is 0 Å². The molecule has 1 amide bonds. The Hall–Kier alpha value is -2.96. The maximum Gasteiger partial charge on any atom is 0.222 e. The summed E-state index contributed by atoms with van der Waals surface area (Å²) in [7, 11) is 0. The van der Waals surface area contributed by atoms with Gasteiger partial charge in [0.2, 0.25) is 5.91 Å². The van der Waals surface area contributed by atoms with Crippen LogP contribution < -0.4 is 4.90 Å². The smallest absolute Gasteiger partial charge is 0.222 e. The van der Waals surface area contributed by atoms with Gasteiger partial charge in [0, 0.05) is 38.5 Å². The van der Waals surface area contributed by atoms with Crippen molar-refractivity contribution in [3.8, 4) is 5.69 Å². The molecule has 0 aliphatic carbocycles. The van der Waals surface area contributed by atoms with Gasteiger partial charge in [-0.05, 0) is 24.5 Å². The van der Waals surface area contributed by atoms with Crippen molar-refractivity contribution in [3.63, 3.8) is 0 Å². The number of aromatic nitrogens is 4. The van der Waals surface area contributed by atoms with Crippen LogP contribution in [0, 0.1) is 5.92 Å². The summed E-state index contributed by atoms with van der Waals surface area (Å²) in [5.74, 6) is 2.71. The van der Waals surface area contributed by atoms with E-state index in [1.54, 1.807) is 0 Å². The number of rotatable bonds is 7. The summed E-state index contributed by atoms with van der Waals surface area (Å²) in [5, 5.41) is 5.63. The van der Waals surface area contributed by atoms with Crippen LogP contribution in [0.1, 0.15) is 58.7 Å². The SMILES string of the molecule is CCCC(C)c1nc(N2CCN(C(=O)CC(C)C)CC2)c2cnn(-c3ccccc3)c2n1. The molecule has 0 bridgehead atoms. The number of nitrogens with zero attached hydrogens (tertiary/aromatic N) is 6. The predicted molar refractivity (Wildman–Crippen MR) is 128 cm³/mol. The zero-order chi connectivity index (χ0) is 22.7. The van der Waals surface area contributed by atoms with Gasteiger partial charge in [-0.2, -0.15) is 5.10 Å². The standard InChI is InChI=1S/C25H34N6O/c1-5-9-19(4)23-27-24(30-14-12-29(13-15-30)22(32)16-18(2)3)21-17-26-31(25(21)28-23)20-10-7-6-8-11-20/h6-8,10-11,17-19H,5,9,12-16H2,1-4H3. The van der Waals surface area contributed by atoms with Gasteiger partial charge in [-0.3, -0.25) is 4.79 Å². The number of para-hydroxylation sites is 1. The summed E-state index contributed by atoms with van der Waals surface area (Å²) in [4.78, 5) is 26.8. The van der Waals surface area contributed by atoms with E-state index in [0.29, 0.717) is 12.3 Å². The minimum Gasteiger partial charge on any atom is -0.352 e. The van der Waals surface area contributed by atoms with Gasteiger partial charge in [0.1, 0.15) is 11.6 Å². The summed E-state index contributed by atoms with van der Waals surface area (Å²) >= 11 is 0. The van der Waals surface area contributed by atoms with E-state index in [4.69, 9.17) is 9.97 Å². The van der Waals surface area contributed by atoms with Crippen LogP contribution in [0.15, 0.2) is 36.5 Å². The molecule has 2 aromatic heterocycles. The van der Waals surface area contributed by atoms with E-state index in [1.807, 2.05) is 46.1 Å². The zero-order valence-corrected chi connectivity index (χ0v) is 19.7. The van der Waals surface area contributed by atoms with E-state index in [2.05, 4.69) is 37.7 Å². The quantitative estimate of drug-likeness (QED) is 0.551. The Morgan fingerprint density at radius 1 is 1.03 bits per heavy atom. The topological polar surface area (TPSA) is 67.2 Å². The van der Waals surface area contributed by atoms with Gasteiger partial charge >= 0.3 is 0 Å². The number of amides is 1. The Labute approximate surface area is 190 Å². The molecule has 0 N–H and O–H groups in total. The van der Waals surface area contributed by atoms with Crippen LogP contribution >= 0.6 is 0 Å². The van der Waals surface area contributed by atoms with Crippen molar-refractivity contribution in [2.24, 2.45) is 5.92 Å². The van der Waals surface area contributed by atoms with Crippen molar-refractivity contribution < 1.29 is 4.79 Å². The van der Waals surface area contributed by atoms with Crippen molar-refractivity contribution in [2.75, 3.05) is 31.1 Å². The summed E-state index contributed by atoms with van der Waals surface area (Å²) in [6, 6.07) is 10.1. The van der Waals surface area contributed by atoms with E-state index in [-0.39, 0.29) is 11.8 Å². The summed E-state index contributed by atoms with van der Waals surface area (Å²) in [6.45, 7) is 11.6. The lowest BCUT2D eigenvalue weighted by Gasteiger charge is -2.36. The second-order valence-corrected chi connectivity index (χ2v) is 9.19. The van der Waals surface area contributed by atoms with E-state index >= 15 is 0 Å². The molecule has 170 valence electrons. The molecule has 3 aromatic rings. The third-order valence-electron chi connectivity index (χ3n) is 6.10. The normalized spacial score (nSPS) is 15.5. The second-order valence-electron chi connectivity index (χ2n) is 9.19. The maximum atomic E-state index is 12.5. The number of benzene rings is 1. The first-order valence-electron chi connectivity index (χ1n) is 11.8. The number of carbonyl (C=O) groups is 1. The molecule has 1 aliphatic rings. The van der Waals surface area contributed by atoms with Gasteiger partial charge in [-0.15, -0.1) is 0 Å². The highest BCUT2D eigenvalue weighted by Gasteiger charge is 2.26. The molecule has 1 fully saturated rings. The van der Waals surface area contributed by atoms with Crippen LogP contribution in [0.3, 0.4) is 0 Å². The number of carbonyl (C=O) groups excluding carboxylic acids is 1. The Morgan fingerprint density at radius 2 is 1.75 bits per heavy atom. The minimum atomic E-state index is 0.252. The first-order chi connectivity index (χ1) is 15.5. The molecule has 7 nitrogen and oxygen atoms in total. The van der Waals surface area contributed by atoms with Gasteiger partial charge in [0.05, 0.1) is 17.3 Å². The molecule has 1 aromatic carbocycles. The fourth-order valence-electron chi connectivity index (χ4n) is 4.34. The lowest BCUT2D eigenvalue weighted by atomic mass is 10.1. The lowest BCUT2D eigenvalue weighted by molar-refractivity contribution is -0.132. The van der Waals surface area contributed by atoms with Crippen molar-refractivity contribution in [1.82, 2.24) is 24.6 Å². The number of piperazine rings is 1. The molecule has 4 rings (SSSR count). The molecule has 1 aliphatic heterocycles. The molecular weight excluding hydrogens is 400 g/mol. The van der Waals surface area contributed by atoms with E-state index < -0.39 is 0 Å². The first-order valence-corrected chi connectivity index (χ1v) is 11.8. The highest BCUT2D eigenvalue weighted by molar-refractivity contribution is 5.88. The largest absolute Gasteiger partial charge is 0.352 e. The van der Waals surface area contributed by atoms with Crippen LogP contribution in [-0.4, -0.2) is 56.7 Å². The number of hydrogen-bond donors (Lipinski definition) is 0. The third-order valence-corrected chi connectivity index (χ3v) is 6.10. The summed E-state index contributed by atoms with van der Waals surface area (Å²) in [5.41, 5.74) is 1.84. The molecule has 0 spiro atoms. The van der Waals surface area contributed by atoms with Gasteiger partial charge in [-0.25, -0.2) is 14.6 Å². The Morgan fingerprint density at radius 3 is 2.41 bits per heavy atom. The number of hydrogen-bond acceptors (Lipinski definition) is 5. The highest BCUT2D eigenvalue weighted by atomic mass is 16.2. The molecule has 0 radical (unpaired) electrons. The van der Waals surface area contributed by atoms with Crippen molar-refractivity contribution in [3.05, 3.63) is 42.4 Å². The van der Waals surface area contributed by atoms with E-state index in [0.717, 1.165) is 67.4 Å². The predicted octanol–water partition coefficient (Wildman–Crippen LogP) is 4.41. The maximum absolute atomic E-state index is 12.5. The highest BCUT2D eigenvalue weighted by Crippen LogP contribution is 2.29. The lowest BCUT2D eigenvalue weighted by Crippen LogP contribution is -2.49. The van der Waals surface area contributed by atoms with E-state index in [9.17, 15) is 4.79 Å². The molecular formula is C25H34N6O. The fourth-order valence-corrected chi connectivity index (χ4v) is 4.34. The minimum absolute atomic E-state index is 0.252. The van der Waals surface area contributed by atoms with Crippen LogP contribution in [0.5, 0.6) is 0 Å².